The molecule has 7 nitrogen and oxygen atoms in total. The molecule has 1 aromatic heterocycles. The van der Waals surface area contributed by atoms with Crippen molar-refractivity contribution in [3.63, 3.8) is 0 Å². The Bertz CT molecular complexity index is 771. The molecule has 140 valence electrons. The molecular formula is C17H28N4O3S. The molecule has 0 radical (unpaired) electrons. The Hall–Kier alpha value is -1.41. The van der Waals surface area contributed by atoms with Gasteiger partial charge in [-0.2, -0.15) is 5.10 Å². The molecule has 0 unspecified atom stereocenters. The van der Waals surface area contributed by atoms with Gasteiger partial charge in [-0.15, -0.1) is 0 Å². The monoisotopic (exact) mass is 368 g/mol. The van der Waals surface area contributed by atoms with E-state index in [-0.39, 0.29) is 29.5 Å². The summed E-state index contributed by atoms with van der Waals surface area (Å²) in [6.45, 7) is 10.8. The predicted molar refractivity (Wildman–Crippen MR) is 96.5 cm³/mol. The first-order valence-electron chi connectivity index (χ1n) is 9.08. The molecule has 2 aliphatic rings. The van der Waals surface area contributed by atoms with Gasteiger partial charge in [0.15, 0.2) is 9.84 Å². The summed E-state index contributed by atoms with van der Waals surface area (Å²) in [7, 11) is -3.10. The van der Waals surface area contributed by atoms with Gasteiger partial charge < -0.3 is 4.90 Å². The number of carbonyl (C=O) groups is 1. The zero-order valence-corrected chi connectivity index (χ0v) is 16.3. The van der Waals surface area contributed by atoms with Crippen LogP contribution in [0.3, 0.4) is 0 Å². The molecule has 2 aliphatic heterocycles. The van der Waals surface area contributed by atoms with Crippen molar-refractivity contribution in [3.05, 3.63) is 17.0 Å². The van der Waals surface area contributed by atoms with Crippen LogP contribution in [0.25, 0.3) is 0 Å². The van der Waals surface area contributed by atoms with E-state index in [1.165, 1.54) is 0 Å². The molecule has 0 bridgehead atoms. The van der Waals surface area contributed by atoms with Crippen molar-refractivity contribution < 1.29 is 13.2 Å². The van der Waals surface area contributed by atoms with Gasteiger partial charge in [-0.1, -0.05) is 6.92 Å². The van der Waals surface area contributed by atoms with Crippen LogP contribution in [0.1, 0.15) is 42.0 Å². The van der Waals surface area contributed by atoms with Crippen molar-refractivity contribution in [2.24, 2.45) is 0 Å². The van der Waals surface area contributed by atoms with Crippen molar-refractivity contribution in [3.8, 4) is 0 Å². The summed E-state index contributed by atoms with van der Waals surface area (Å²) in [5, 5.41) is 4.44. The van der Waals surface area contributed by atoms with Crippen LogP contribution >= 0.6 is 0 Å². The van der Waals surface area contributed by atoms with Crippen molar-refractivity contribution in [1.82, 2.24) is 19.6 Å². The van der Waals surface area contributed by atoms with E-state index in [0.717, 1.165) is 30.9 Å². The van der Waals surface area contributed by atoms with Gasteiger partial charge in [-0.25, -0.2) is 8.42 Å². The van der Waals surface area contributed by atoms with Crippen LogP contribution in [0, 0.1) is 13.8 Å². The number of nitrogens with zero attached hydrogens (tertiary/aromatic N) is 4. The van der Waals surface area contributed by atoms with Crippen LogP contribution in [-0.4, -0.2) is 77.1 Å². The van der Waals surface area contributed by atoms with Crippen molar-refractivity contribution in [2.75, 3.05) is 31.1 Å². The highest BCUT2D eigenvalue weighted by molar-refractivity contribution is 7.91. The van der Waals surface area contributed by atoms with Gasteiger partial charge in [0.25, 0.3) is 5.91 Å². The largest absolute Gasteiger partial charge is 0.332 e. The zero-order valence-electron chi connectivity index (χ0n) is 15.5. The summed E-state index contributed by atoms with van der Waals surface area (Å²) in [5.74, 6) is 0.162. The summed E-state index contributed by atoms with van der Waals surface area (Å²) < 4.78 is 26.3. The summed E-state index contributed by atoms with van der Waals surface area (Å²) in [6.07, 6.45) is 0.985. The van der Waals surface area contributed by atoms with Crippen molar-refractivity contribution in [1.29, 1.82) is 0 Å². The molecule has 0 aliphatic carbocycles. The molecule has 1 amide bonds. The minimum atomic E-state index is -3.10. The molecular weight excluding hydrogens is 340 g/mol. The van der Waals surface area contributed by atoms with Crippen LogP contribution in [0.4, 0.5) is 0 Å². The molecule has 2 atom stereocenters. The first kappa shape index (κ1) is 18.4. The Morgan fingerprint density at radius 2 is 1.84 bits per heavy atom. The Kier molecular flexibility index (Phi) is 4.94. The number of fused-ring (bicyclic) bond motifs is 1. The van der Waals surface area contributed by atoms with E-state index in [9.17, 15) is 13.2 Å². The number of rotatable bonds is 4. The number of sulfone groups is 1. The number of carbonyl (C=O) groups excluding carboxylic acids is 1. The molecule has 0 N–H and O–H groups in total. The maximum absolute atomic E-state index is 13.2. The lowest BCUT2D eigenvalue weighted by molar-refractivity contribution is 0.0332. The Morgan fingerprint density at radius 1 is 1.16 bits per heavy atom. The van der Waals surface area contributed by atoms with Crippen LogP contribution in [0.2, 0.25) is 0 Å². The average Bonchev–Trinajstić information content (AvgIpc) is 3.02. The van der Waals surface area contributed by atoms with Gasteiger partial charge in [-0.05, 0) is 33.7 Å². The second-order valence-corrected chi connectivity index (χ2v) is 9.26. The fourth-order valence-corrected chi connectivity index (χ4v) is 6.31. The van der Waals surface area contributed by atoms with Gasteiger partial charge in [0, 0.05) is 31.4 Å². The van der Waals surface area contributed by atoms with E-state index in [0.29, 0.717) is 18.7 Å². The Balaban J connectivity index is 1.92. The lowest BCUT2D eigenvalue weighted by Crippen LogP contribution is -2.60. The quantitative estimate of drug-likeness (QED) is 0.788. The Morgan fingerprint density at radius 3 is 2.44 bits per heavy atom. The third kappa shape index (κ3) is 3.21. The first-order chi connectivity index (χ1) is 11.8. The minimum absolute atomic E-state index is 0.0713. The second-order valence-electron chi connectivity index (χ2n) is 7.11. The number of amides is 1. The van der Waals surface area contributed by atoms with E-state index in [4.69, 9.17) is 0 Å². The lowest BCUT2D eigenvalue weighted by atomic mass is 10.0. The van der Waals surface area contributed by atoms with E-state index < -0.39 is 9.84 Å². The van der Waals surface area contributed by atoms with E-state index in [1.807, 2.05) is 25.5 Å². The summed E-state index contributed by atoms with van der Waals surface area (Å²) in [5.41, 5.74) is 2.21. The minimum Gasteiger partial charge on any atom is -0.332 e. The normalized spacial score (nSPS) is 26.0. The molecule has 1 aromatic rings. The standard InChI is InChI=1S/C17H28N4O3S/c1-5-7-19-8-9-20(15-11-25(23,24)10-14(15)19)17(22)16-12(3)18-21(6-2)13(16)4/h14-15H,5-11H2,1-4H3/t14-,15+/m1/s1. The highest BCUT2D eigenvalue weighted by Gasteiger charge is 2.48. The topological polar surface area (TPSA) is 75.5 Å². The molecule has 2 fully saturated rings. The van der Waals surface area contributed by atoms with E-state index in [2.05, 4.69) is 16.9 Å². The fraction of sp³-hybridized carbons (Fsp3) is 0.765. The van der Waals surface area contributed by atoms with Crippen LogP contribution < -0.4 is 0 Å². The average molecular weight is 369 g/mol. The highest BCUT2D eigenvalue weighted by Crippen LogP contribution is 2.29. The number of piperazine rings is 1. The lowest BCUT2D eigenvalue weighted by Gasteiger charge is -2.43. The predicted octanol–water partition coefficient (Wildman–Crippen LogP) is 0.853. The third-order valence-corrected chi connectivity index (χ3v) is 7.16. The summed E-state index contributed by atoms with van der Waals surface area (Å²) in [6, 6.07) is -0.328. The number of aromatic nitrogens is 2. The maximum Gasteiger partial charge on any atom is 0.257 e. The van der Waals surface area contributed by atoms with Crippen LogP contribution in [0.5, 0.6) is 0 Å². The maximum atomic E-state index is 13.2. The molecule has 0 saturated carbocycles. The van der Waals surface area contributed by atoms with Gasteiger partial charge in [0.05, 0.1) is 28.8 Å². The zero-order chi connectivity index (χ0) is 18.4. The molecule has 0 aromatic carbocycles. The van der Waals surface area contributed by atoms with Crippen LogP contribution in [-0.2, 0) is 16.4 Å². The van der Waals surface area contributed by atoms with Crippen LogP contribution in [0.15, 0.2) is 0 Å². The Labute approximate surface area is 149 Å². The van der Waals surface area contributed by atoms with Gasteiger partial charge in [0.2, 0.25) is 0 Å². The smallest absolute Gasteiger partial charge is 0.257 e. The van der Waals surface area contributed by atoms with Crippen molar-refractivity contribution in [2.45, 2.75) is 52.7 Å². The molecule has 3 rings (SSSR count). The molecule has 0 spiro atoms. The highest BCUT2D eigenvalue weighted by atomic mass is 32.2. The molecule has 3 heterocycles. The second kappa shape index (κ2) is 6.72. The third-order valence-electron chi connectivity index (χ3n) is 5.46. The SMILES string of the molecule is CCCN1CCN(C(=O)c2c(C)nn(CC)c2C)[C@H]2CS(=O)(=O)C[C@H]21. The van der Waals surface area contributed by atoms with Crippen molar-refractivity contribution >= 4 is 15.7 Å². The van der Waals surface area contributed by atoms with Gasteiger partial charge >= 0.3 is 0 Å². The summed E-state index contributed by atoms with van der Waals surface area (Å²) in [4.78, 5) is 17.3. The number of aryl methyl sites for hydroxylation is 2. The number of hydrogen-bond acceptors (Lipinski definition) is 5. The number of hydrogen-bond donors (Lipinski definition) is 0. The molecule has 2 saturated heterocycles. The first-order valence-corrected chi connectivity index (χ1v) is 10.9. The summed E-state index contributed by atoms with van der Waals surface area (Å²) >= 11 is 0. The van der Waals surface area contributed by atoms with Gasteiger partial charge in [0.1, 0.15) is 0 Å². The van der Waals surface area contributed by atoms with E-state index >= 15 is 0 Å². The van der Waals surface area contributed by atoms with E-state index in [1.54, 1.807) is 4.90 Å². The molecule has 25 heavy (non-hydrogen) atoms. The van der Waals surface area contributed by atoms with Gasteiger partial charge in [-0.3, -0.25) is 14.4 Å². The molecule has 8 heteroatoms. The fourth-order valence-electron chi connectivity index (χ4n) is 4.30.